The zero-order valence-corrected chi connectivity index (χ0v) is 12.9. The minimum atomic E-state index is -0.203. The van der Waals surface area contributed by atoms with Crippen LogP contribution in [0.25, 0.3) is 0 Å². The smallest absolute Gasteiger partial charge is 0.274 e. The van der Waals surface area contributed by atoms with Crippen LogP contribution in [0.4, 0.5) is 0 Å². The molecule has 23 heavy (non-hydrogen) atoms. The molecule has 0 saturated carbocycles. The molecule has 0 aliphatic rings. The van der Waals surface area contributed by atoms with E-state index in [1.54, 1.807) is 4.68 Å². The summed E-state index contributed by atoms with van der Waals surface area (Å²) < 4.78 is 1.74. The molecular weight excluding hydrogens is 288 g/mol. The Labute approximate surface area is 135 Å². The molecule has 0 atom stereocenters. The maximum Gasteiger partial charge on any atom is 0.274 e. The summed E-state index contributed by atoms with van der Waals surface area (Å²) in [6.07, 6.45) is 0. The quantitative estimate of drug-likeness (QED) is 0.788. The molecule has 0 fully saturated rings. The van der Waals surface area contributed by atoms with Gasteiger partial charge >= 0.3 is 0 Å². The number of carbonyl (C=O) groups excluding carboxylic acids is 1. The number of rotatable bonds is 5. The second-order valence-electron chi connectivity index (χ2n) is 5.33. The Balaban J connectivity index is 1.67. The number of aromatic nitrogens is 3. The third-order valence-corrected chi connectivity index (χ3v) is 3.67. The van der Waals surface area contributed by atoms with E-state index in [2.05, 4.69) is 15.6 Å². The number of nitrogens with zero attached hydrogens (tertiary/aromatic N) is 3. The van der Waals surface area contributed by atoms with Crippen LogP contribution in [0.1, 0.15) is 27.3 Å². The Bertz CT molecular complexity index is 781. The number of amides is 1. The van der Waals surface area contributed by atoms with Crippen LogP contribution in [0.3, 0.4) is 0 Å². The molecule has 3 rings (SSSR count). The van der Waals surface area contributed by atoms with Crippen molar-refractivity contribution in [3.8, 4) is 0 Å². The van der Waals surface area contributed by atoms with Crippen molar-refractivity contribution in [1.82, 2.24) is 20.3 Å². The summed E-state index contributed by atoms with van der Waals surface area (Å²) in [7, 11) is 0. The van der Waals surface area contributed by atoms with Gasteiger partial charge in [-0.1, -0.05) is 65.9 Å². The minimum absolute atomic E-state index is 0.203. The number of benzene rings is 2. The van der Waals surface area contributed by atoms with Crippen LogP contribution in [0.2, 0.25) is 0 Å². The van der Waals surface area contributed by atoms with Crippen molar-refractivity contribution in [3.63, 3.8) is 0 Å². The SMILES string of the molecule is Cc1c(C(=O)NCc2ccccc2)nnn1Cc1ccccc1. The molecule has 3 aromatic rings. The van der Waals surface area contributed by atoms with E-state index >= 15 is 0 Å². The molecule has 2 aromatic carbocycles. The van der Waals surface area contributed by atoms with Crippen LogP contribution in [-0.4, -0.2) is 20.9 Å². The molecule has 1 N–H and O–H groups in total. The lowest BCUT2D eigenvalue weighted by Crippen LogP contribution is -2.24. The third kappa shape index (κ3) is 3.63. The lowest BCUT2D eigenvalue weighted by atomic mass is 10.2. The fraction of sp³-hybridized carbons (Fsp3) is 0.167. The molecule has 1 aromatic heterocycles. The van der Waals surface area contributed by atoms with Crippen LogP contribution in [-0.2, 0) is 13.1 Å². The molecule has 1 amide bonds. The minimum Gasteiger partial charge on any atom is -0.347 e. The molecule has 0 unspecified atom stereocenters. The van der Waals surface area contributed by atoms with E-state index in [0.717, 1.165) is 16.8 Å². The molecular formula is C18H18N4O. The topological polar surface area (TPSA) is 59.8 Å². The summed E-state index contributed by atoms with van der Waals surface area (Å²) in [6.45, 7) is 2.94. The Morgan fingerprint density at radius 2 is 1.61 bits per heavy atom. The predicted molar refractivity (Wildman–Crippen MR) is 87.9 cm³/mol. The van der Waals surface area contributed by atoms with Crippen molar-refractivity contribution in [1.29, 1.82) is 0 Å². The molecule has 0 radical (unpaired) electrons. The number of carbonyl (C=O) groups is 1. The zero-order valence-electron chi connectivity index (χ0n) is 12.9. The van der Waals surface area contributed by atoms with Crippen molar-refractivity contribution in [2.24, 2.45) is 0 Å². The Morgan fingerprint density at radius 1 is 1.00 bits per heavy atom. The Morgan fingerprint density at radius 3 is 2.26 bits per heavy atom. The zero-order chi connectivity index (χ0) is 16.1. The van der Waals surface area contributed by atoms with E-state index in [-0.39, 0.29) is 5.91 Å². The second-order valence-corrected chi connectivity index (χ2v) is 5.33. The van der Waals surface area contributed by atoms with E-state index in [1.165, 1.54) is 0 Å². The average molecular weight is 306 g/mol. The first-order valence-electron chi connectivity index (χ1n) is 7.50. The normalized spacial score (nSPS) is 10.5. The van der Waals surface area contributed by atoms with E-state index < -0.39 is 0 Å². The summed E-state index contributed by atoms with van der Waals surface area (Å²) in [5.74, 6) is -0.203. The highest BCUT2D eigenvalue weighted by atomic mass is 16.2. The molecule has 0 spiro atoms. The Hall–Kier alpha value is -2.95. The van der Waals surface area contributed by atoms with Crippen molar-refractivity contribution >= 4 is 5.91 Å². The monoisotopic (exact) mass is 306 g/mol. The summed E-state index contributed by atoms with van der Waals surface area (Å²) in [4.78, 5) is 12.3. The van der Waals surface area contributed by atoms with Crippen LogP contribution < -0.4 is 5.32 Å². The summed E-state index contributed by atoms with van der Waals surface area (Å²) in [5, 5.41) is 11.0. The fourth-order valence-electron chi connectivity index (χ4n) is 2.34. The molecule has 1 heterocycles. The average Bonchev–Trinajstić information content (AvgIpc) is 2.95. The second kappa shape index (κ2) is 6.87. The van der Waals surface area contributed by atoms with Crippen LogP contribution in [0.15, 0.2) is 60.7 Å². The summed E-state index contributed by atoms with van der Waals surface area (Å²) in [6, 6.07) is 19.8. The maximum absolute atomic E-state index is 12.3. The van der Waals surface area contributed by atoms with Crippen LogP contribution in [0, 0.1) is 6.92 Å². The first-order chi connectivity index (χ1) is 11.2. The lowest BCUT2D eigenvalue weighted by Gasteiger charge is -2.05. The van der Waals surface area contributed by atoms with Gasteiger partial charge in [-0.2, -0.15) is 0 Å². The molecule has 0 saturated heterocycles. The van der Waals surface area contributed by atoms with Gasteiger partial charge in [-0.15, -0.1) is 5.10 Å². The molecule has 0 bridgehead atoms. The standard InChI is InChI=1S/C18H18N4O/c1-14-17(18(23)19-12-15-8-4-2-5-9-15)20-21-22(14)13-16-10-6-3-7-11-16/h2-11H,12-13H2,1H3,(H,19,23). The molecule has 0 aliphatic heterocycles. The number of hydrogen-bond donors (Lipinski definition) is 1. The Kier molecular flexibility index (Phi) is 4.47. The fourth-order valence-corrected chi connectivity index (χ4v) is 2.34. The third-order valence-electron chi connectivity index (χ3n) is 3.67. The largest absolute Gasteiger partial charge is 0.347 e. The highest BCUT2D eigenvalue weighted by molar-refractivity contribution is 5.93. The first kappa shape index (κ1) is 15.0. The van der Waals surface area contributed by atoms with Gasteiger partial charge in [-0.05, 0) is 18.1 Å². The summed E-state index contributed by atoms with van der Waals surface area (Å²) >= 11 is 0. The molecule has 5 nitrogen and oxygen atoms in total. The number of hydrogen-bond acceptors (Lipinski definition) is 3. The predicted octanol–water partition coefficient (Wildman–Crippen LogP) is 2.56. The highest BCUT2D eigenvalue weighted by Crippen LogP contribution is 2.08. The van der Waals surface area contributed by atoms with Crippen molar-refractivity contribution in [2.45, 2.75) is 20.0 Å². The van der Waals surface area contributed by atoms with E-state index in [0.29, 0.717) is 18.8 Å². The van der Waals surface area contributed by atoms with Gasteiger partial charge in [0.05, 0.1) is 12.2 Å². The van der Waals surface area contributed by atoms with Gasteiger partial charge in [0.1, 0.15) is 0 Å². The van der Waals surface area contributed by atoms with Crippen molar-refractivity contribution in [2.75, 3.05) is 0 Å². The summed E-state index contributed by atoms with van der Waals surface area (Å²) in [5.41, 5.74) is 3.31. The van der Waals surface area contributed by atoms with Gasteiger partial charge in [0, 0.05) is 6.54 Å². The van der Waals surface area contributed by atoms with Gasteiger partial charge in [0.2, 0.25) is 0 Å². The van der Waals surface area contributed by atoms with Gasteiger partial charge in [0.25, 0.3) is 5.91 Å². The molecule has 5 heteroatoms. The van der Waals surface area contributed by atoms with Crippen LogP contribution >= 0.6 is 0 Å². The van der Waals surface area contributed by atoms with Crippen molar-refractivity contribution < 1.29 is 4.79 Å². The van der Waals surface area contributed by atoms with Crippen molar-refractivity contribution in [3.05, 3.63) is 83.2 Å². The van der Waals surface area contributed by atoms with Gasteiger partial charge < -0.3 is 5.32 Å². The number of nitrogens with one attached hydrogen (secondary N) is 1. The highest BCUT2D eigenvalue weighted by Gasteiger charge is 2.16. The van der Waals surface area contributed by atoms with Gasteiger partial charge in [-0.25, -0.2) is 4.68 Å². The molecule has 116 valence electrons. The molecule has 0 aliphatic carbocycles. The van der Waals surface area contributed by atoms with E-state index in [4.69, 9.17) is 0 Å². The first-order valence-corrected chi connectivity index (χ1v) is 7.50. The maximum atomic E-state index is 12.3. The van der Waals surface area contributed by atoms with E-state index in [9.17, 15) is 4.79 Å². The van der Waals surface area contributed by atoms with Gasteiger partial charge in [-0.3, -0.25) is 4.79 Å². The van der Waals surface area contributed by atoms with Crippen LogP contribution in [0.5, 0.6) is 0 Å². The van der Waals surface area contributed by atoms with Gasteiger partial charge in [0.15, 0.2) is 5.69 Å². The van der Waals surface area contributed by atoms with E-state index in [1.807, 2.05) is 67.6 Å². The lowest BCUT2D eigenvalue weighted by molar-refractivity contribution is 0.0945.